The summed E-state index contributed by atoms with van der Waals surface area (Å²) in [5.41, 5.74) is 4.06. The Balaban J connectivity index is 1.25. The fourth-order valence-electron chi connectivity index (χ4n) is 3.39. The van der Waals surface area contributed by atoms with E-state index in [2.05, 4.69) is 51.8 Å². The lowest BCUT2D eigenvalue weighted by atomic mass is 10.1. The summed E-state index contributed by atoms with van der Waals surface area (Å²) in [5.74, 6) is 3.13. The minimum atomic E-state index is 0.902. The smallest absolute Gasteiger partial charge is 0.120 e. The second kappa shape index (κ2) is 8.33. The van der Waals surface area contributed by atoms with Crippen molar-refractivity contribution in [2.75, 3.05) is 32.5 Å². The Morgan fingerprint density at radius 3 is 3.04 bits per heavy atom. The molecular weight excluding hydrogens is 360 g/mol. The maximum absolute atomic E-state index is 5.29. The third kappa shape index (κ3) is 4.00. The number of fused-ring (bicyclic) bond motifs is 1. The fraction of sp³-hybridized carbons (Fsp3) is 0.333. The highest BCUT2D eigenvalue weighted by atomic mass is 32.2. The molecule has 3 aromatic rings. The summed E-state index contributed by atoms with van der Waals surface area (Å²) in [4.78, 5) is 7.36. The summed E-state index contributed by atoms with van der Waals surface area (Å²) in [6.45, 7) is 3.42. The van der Waals surface area contributed by atoms with Gasteiger partial charge in [0.05, 0.1) is 7.11 Å². The van der Waals surface area contributed by atoms with Crippen LogP contribution in [0.2, 0.25) is 0 Å². The Morgan fingerprint density at radius 2 is 2.27 bits per heavy atom. The molecule has 1 aliphatic rings. The highest BCUT2D eigenvalue weighted by Gasteiger charge is 2.13. The molecule has 1 N–H and O–H groups in total. The van der Waals surface area contributed by atoms with E-state index < -0.39 is 0 Å². The van der Waals surface area contributed by atoms with Gasteiger partial charge in [0.1, 0.15) is 5.75 Å². The van der Waals surface area contributed by atoms with Crippen molar-refractivity contribution in [1.29, 1.82) is 0 Å². The van der Waals surface area contributed by atoms with Crippen LogP contribution in [0.3, 0.4) is 0 Å². The number of aromatic amines is 1. The number of benzene rings is 1. The molecule has 3 heterocycles. The van der Waals surface area contributed by atoms with Crippen molar-refractivity contribution >= 4 is 39.6 Å². The van der Waals surface area contributed by atoms with Crippen LogP contribution in [0.4, 0.5) is 0 Å². The van der Waals surface area contributed by atoms with Gasteiger partial charge in [0.15, 0.2) is 0 Å². The summed E-state index contributed by atoms with van der Waals surface area (Å²) in [6, 6.07) is 10.6. The molecule has 1 aromatic carbocycles. The first-order valence-corrected chi connectivity index (χ1v) is 11.0. The molecule has 2 aromatic heterocycles. The summed E-state index contributed by atoms with van der Waals surface area (Å²) >= 11 is 3.87. The first-order chi connectivity index (χ1) is 12.8. The van der Waals surface area contributed by atoms with Gasteiger partial charge in [-0.1, -0.05) is 12.1 Å². The Hall–Kier alpha value is -1.69. The maximum atomic E-state index is 5.29. The molecule has 0 fully saturated rings. The largest absolute Gasteiger partial charge is 0.497 e. The lowest BCUT2D eigenvalue weighted by molar-refractivity contribution is 0.321. The topological polar surface area (TPSA) is 28.3 Å². The minimum absolute atomic E-state index is 0.902. The van der Waals surface area contributed by atoms with E-state index in [-0.39, 0.29) is 0 Å². The van der Waals surface area contributed by atoms with E-state index in [9.17, 15) is 0 Å². The Morgan fingerprint density at radius 1 is 1.31 bits per heavy atom. The third-order valence-corrected chi connectivity index (χ3v) is 6.85. The van der Waals surface area contributed by atoms with Crippen molar-refractivity contribution in [3.63, 3.8) is 0 Å². The third-order valence-electron chi connectivity index (χ3n) is 4.91. The number of thioether (sulfide) groups is 1. The average Bonchev–Trinajstić information content (AvgIpc) is 3.35. The van der Waals surface area contributed by atoms with Gasteiger partial charge in [0.25, 0.3) is 0 Å². The van der Waals surface area contributed by atoms with Gasteiger partial charge in [-0.05, 0) is 41.1 Å². The quantitative estimate of drug-likeness (QED) is 0.563. The van der Waals surface area contributed by atoms with E-state index in [1.54, 1.807) is 7.11 Å². The van der Waals surface area contributed by atoms with Crippen molar-refractivity contribution in [1.82, 2.24) is 9.88 Å². The first-order valence-electron chi connectivity index (χ1n) is 9.00. The number of rotatable bonds is 7. The van der Waals surface area contributed by atoms with Crippen molar-refractivity contribution in [2.45, 2.75) is 12.2 Å². The molecule has 4 rings (SSSR count). The number of thiophene rings is 1. The van der Waals surface area contributed by atoms with Crippen LogP contribution in [0.15, 0.2) is 48.0 Å². The van der Waals surface area contributed by atoms with E-state index in [0.29, 0.717) is 0 Å². The van der Waals surface area contributed by atoms with Gasteiger partial charge >= 0.3 is 0 Å². The van der Waals surface area contributed by atoms with Crippen LogP contribution in [0.1, 0.15) is 16.9 Å². The molecule has 26 heavy (non-hydrogen) atoms. The number of ether oxygens (including phenoxy) is 1. The molecule has 0 saturated heterocycles. The van der Waals surface area contributed by atoms with Gasteiger partial charge in [0, 0.05) is 59.2 Å². The molecule has 3 nitrogen and oxygen atoms in total. The Labute approximate surface area is 163 Å². The van der Waals surface area contributed by atoms with Crippen LogP contribution >= 0.6 is 23.1 Å². The van der Waals surface area contributed by atoms with Crippen LogP contribution in [0.5, 0.6) is 5.75 Å². The Kier molecular flexibility index (Phi) is 5.68. The molecule has 0 bridgehead atoms. The van der Waals surface area contributed by atoms with Gasteiger partial charge in [-0.15, -0.1) is 11.3 Å². The van der Waals surface area contributed by atoms with Crippen molar-refractivity contribution in [2.24, 2.45) is 0 Å². The molecule has 0 amide bonds. The zero-order chi connectivity index (χ0) is 17.8. The normalized spacial score (nSPS) is 15.3. The zero-order valence-electron chi connectivity index (χ0n) is 15.0. The van der Waals surface area contributed by atoms with Crippen LogP contribution in [-0.4, -0.2) is 42.4 Å². The summed E-state index contributed by atoms with van der Waals surface area (Å²) in [6.07, 6.45) is 5.72. The molecule has 0 saturated carbocycles. The number of hydrogen-bond acceptors (Lipinski definition) is 4. The second-order valence-electron chi connectivity index (χ2n) is 6.54. The molecule has 1 aliphatic heterocycles. The van der Waals surface area contributed by atoms with Gasteiger partial charge in [-0.25, -0.2) is 0 Å². The number of nitrogens with one attached hydrogen (secondary N) is 1. The van der Waals surface area contributed by atoms with Gasteiger partial charge in [-0.2, -0.15) is 11.8 Å². The van der Waals surface area contributed by atoms with Gasteiger partial charge in [-0.3, -0.25) is 4.90 Å². The van der Waals surface area contributed by atoms with Crippen LogP contribution in [0, 0.1) is 0 Å². The highest BCUT2D eigenvalue weighted by molar-refractivity contribution is 7.98. The number of nitrogens with zero attached hydrogens (tertiary/aromatic N) is 1. The standard InChI is InChI=1S/C21H24N2OS2/c1-24-18-4-5-19-17(14-22-20(19)13-18)15-25-12-10-23-8-6-16(7-9-23)21-3-2-11-26-21/h2-6,11,13-14,22H,7-10,12,15H2,1H3. The molecule has 0 atom stereocenters. The van der Waals surface area contributed by atoms with Crippen molar-refractivity contribution in [3.05, 3.63) is 58.4 Å². The predicted octanol–water partition coefficient (Wildman–Crippen LogP) is 5.26. The molecule has 0 aliphatic carbocycles. The lowest BCUT2D eigenvalue weighted by Gasteiger charge is -2.25. The van der Waals surface area contributed by atoms with E-state index in [1.165, 1.54) is 40.1 Å². The molecule has 0 radical (unpaired) electrons. The van der Waals surface area contributed by atoms with Gasteiger partial charge < -0.3 is 9.72 Å². The highest BCUT2D eigenvalue weighted by Crippen LogP contribution is 2.27. The summed E-state index contributed by atoms with van der Waals surface area (Å²) in [5, 5.41) is 3.47. The molecule has 5 heteroatoms. The van der Waals surface area contributed by atoms with Crippen LogP contribution in [-0.2, 0) is 5.75 Å². The SMILES string of the molecule is COc1ccc2c(CSCCN3CC=C(c4cccs4)CC3)c[nH]c2c1. The van der Waals surface area contributed by atoms with E-state index in [4.69, 9.17) is 4.74 Å². The van der Waals surface area contributed by atoms with E-state index in [1.807, 2.05) is 29.2 Å². The number of aromatic nitrogens is 1. The van der Waals surface area contributed by atoms with E-state index >= 15 is 0 Å². The maximum Gasteiger partial charge on any atom is 0.120 e. The number of H-pyrrole nitrogens is 1. The zero-order valence-corrected chi connectivity index (χ0v) is 16.7. The first kappa shape index (κ1) is 17.7. The molecular formula is C21H24N2OS2. The second-order valence-corrected chi connectivity index (χ2v) is 8.59. The lowest BCUT2D eigenvalue weighted by Crippen LogP contribution is -2.30. The average molecular weight is 385 g/mol. The van der Waals surface area contributed by atoms with Crippen molar-refractivity contribution in [3.8, 4) is 5.75 Å². The summed E-state index contributed by atoms with van der Waals surface area (Å²) < 4.78 is 5.29. The predicted molar refractivity (Wildman–Crippen MR) is 114 cm³/mol. The van der Waals surface area contributed by atoms with Gasteiger partial charge in [0.2, 0.25) is 0 Å². The Bertz CT molecular complexity index is 883. The summed E-state index contributed by atoms with van der Waals surface area (Å²) in [7, 11) is 1.71. The van der Waals surface area contributed by atoms with Crippen LogP contribution in [0.25, 0.3) is 16.5 Å². The monoisotopic (exact) mass is 384 g/mol. The van der Waals surface area contributed by atoms with E-state index in [0.717, 1.165) is 30.1 Å². The van der Waals surface area contributed by atoms with Crippen molar-refractivity contribution < 1.29 is 4.74 Å². The van der Waals surface area contributed by atoms with Crippen LogP contribution < -0.4 is 4.74 Å². The molecule has 0 spiro atoms. The number of hydrogen-bond donors (Lipinski definition) is 1. The number of methoxy groups -OCH3 is 1. The molecule has 136 valence electrons. The fourth-order valence-corrected chi connectivity index (χ4v) is 5.17. The molecule has 0 unspecified atom stereocenters. The minimum Gasteiger partial charge on any atom is -0.497 e.